The zero-order chi connectivity index (χ0) is 18.1. The van der Waals surface area contributed by atoms with E-state index in [-0.39, 0.29) is 11.8 Å². The number of rotatable bonds is 9. The number of methoxy groups -OCH3 is 1. The number of hydrogen-bond donors (Lipinski definition) is 2. The summed E-state index contributed by atoms with van der Waals surface area (Å²) in [5, 5.41) is 5.63. The lowest BCUT2D eigenvalue weighted by Crippen LogP contribution is -2.41. The number of unbranched alkanes of at least 4 members (excludes halogenated alkanes) is 1. The quantitative estimate of drug-likeness (QED) is 0.674. The highest BCUT2D eigenvalue weighted by atomic mass is 16.5. The van der Waals surface area contributed by atoms with Crippen molar-refractivity contribution in [3.63, 3.8) is 0 Å². The highest BCUT2D eigenvalue weighted by Gasteiger charge is 2.17. The molecule has 1 saturated heterocycles. The zero-order valence-electron chi connectivity index (χ0n) is 15.2. The molecule has 6 heteroatoms. The van der Waals surface area contributed by atoms with Gasteiger partial charge in [0.05, 0.1) is 0 Å². The lowest BCUT2D eigenvalue weighted by atomic mass is 10.2. The van der Waals surface area contributed by atoms with Gasteiger partial charge in [-0.05, 0) is 50.8 Å². The lowest BCUT2D eigenvalue weighted by molar-refractivity contribution is -0.126. The van der Waals surface area contributed by atoms with E-state index in [9.17, 15) is 9.59 Å². The fourth-order valence-electron chi connectivity index (χ4n) is 2.92. The maximum absolute atomic E-state index is 12.3. The number of carbonyl (C=O) groups excluding carboxylic acids is 2. The molecule has 0 bridgehead atoms. The van der Waals surface area contributed by atoms with Crippen molar-refractivity contribution >= 4 is 23.2 Å². The van der Waals surface area contributed by atoms with Crippen LogP contribution in [0.2, 0.25) is 0 Å². The number of carbonyl (C=O) groups is 2. The molecular weight excluding hydrogens is 318 g/mol. The Morgan fingerprint density at radius 1 is 1.24 bits per heavy atom. The van der Waals surface area contributed by atoms with Crippen molar-refractivity contribution in [3.8, 4) is 0 Å². The van der Waals surface area contributed by atoms with Crippen LogP contribution in [-0.4, -0.2) is 44.7 Å². The molecule has 0 aliphatic carbocycles. The molecule has 2 amide bonds. The van der Waals surface area contributed by atoms with Crippen LogP contribution in [0, 0.1) is 0 Å². The Morgan fingerprint density at radius 2 is 2.00 bits per heavy atom. The van der Waals surface area contributed by atoms with Crippen molar-refractivity contribution < 1.29 is 14.3 Å². The van der Waals surface area contributed by atoms with Crippen LogP contribution in [-0.2, 0) is 14.3 Å². The molecular formula is C19H29N3O3. The molecule has 0 spiro atoms. The van der Waals surface area contributed by atoms with Crippen LogP contribution in [0.3, 0.4) is 0 Å². The van der Waals surface area contributed by atoms with Crippen LogP contribution >= 0.6 is 0 Å². The van der Waals surface area contributed by atoms with Gasteiger partial charge in [-0.25, -0.2) is 0 Å². The first-order valence-corrected chi connectivity index (χ1v) is 9.04. The Bertz CT molecular complexity index is 571. The molecule has 138 valence electrons. The van der Waals surface area contributed by atoms with Gasteiger partial charge < -0.3 is 20.3 Å². The third-order valence-corrected chi connectivity index (χ3v) is 4.36. The van der Waals surface area contributed by atoms with Gasteiger partial charge in [-0.2, -0.15) is 0 Å². The minimum atomic E-state index is -0.564. The maximum Gasteiger partial charge on any atom is 0.246 e. The minimum absolute atomic E-state index is 0.107. The molecule has 0 saturated carbocycles. The van der Waals surface area contributed by atoms with E-state index >= 15 is 0 Å². The summed E-state index contributed by atoms with van der Waals surface area (Å²) in [6.45, 7) is 4.48. The third-order valence-electron chi connectivity index (χ3n) is 4.36. The van der Waals surface area contributed by atoms with E-state index in [1.165, 1.54) is 12.8 Å². The van der Waals surface area contributed by atoms with Crippen LogP contribution < -0.4 is 15.5 Å². The molecule has 1 atom stereocenters. The number of benzene rings is 1. The lowest BCUT2D eigenvalue weighted by Gasteiger charge is -2.19. The van der Waals surface area contributed by atoms with Gasteiger partial charge in [0.25, 0.3) is 0 Å². The second-order valence-corrected chi connectivity index (χ2v) is 6.47. The third kappa shape index (κ3) is 6.38. The average molecular weight is 347 g/mol. The van der Waals surface area contributed by atoms with Crippen LogP contribution in [0.15, 0.2) is 24.3 Å². The first-order chi connectivity index (χ1) is 12.1. The summed E-state index contributed by atoms with van der Waals surface area (Å²) in [5.41, 5.74) is 1.89. The molecule has 2 N–H and O–H groups in total. The van der Waals surface area contributed by atoms with Gasteiger partial charge >= 0.3 is 0 Å². The fourth-order valence-corrected chi connectivity index (χ4v) is 2.92. The number of ether oxygens (including phenoxy) is 1. The van der Waals surface area contributed by atoms with Crippen molar-refractivity contribution in [2.24, 2.45) is 0 Å². The predicted molar refractivity (Wildman–Crippen MR) is 99.9 cm³/mol. The number of amides is 2. The van der Waals surface area contributed by atoms with E-state index < -0.39 is 6.04 Å². The van der Waals surface area contributed by atoms with E-state index in [4.69, 9.17) is 4.74 Å². The Hall–Kier alpha value is -2.08. The Morgan fingerprint density at radius 3 is 2.72 bits per heavy atom. The van der Waals surface area contributed by atoms with Gasteiger partial charge in [0.1, 0.15) is 6.04 Å². The van der Waals surface area contributed by atoms with E-state index in [2.05, 4.69) is 21.6 Å². The van der Waals surface area contributed by atoms with Crippen molar-refractivity contribution in [1.82, 2.24) is 5.32 Å². The van der Waals surface area contributed by atoms with E-state index in [0.717, 1.165) is 37.3 Å². The summed E-state index contributed by atoms with van der Waals surface area (Å²) in [7, 11) is 1.64. The van der Waals surface area contributed by atoms with E-state index in [1.807, 2.05) is 18.2 Å². The zero-order valence-corrected chi connectivity index (χ0v) is 15.2. The molecule has 1 fully saturated rings. The maximum atomic E-state index is 12.3. The second kappa shape index (κ2) is 10.0. The van der Waals surface area contributed by atoms with Gasteiger partial charge in [0.15, 0.2) is 0 Å². The smallest absolute Gasteiger partial charge is 0.246 e. The van der Waals surface area contributed by atoms with Gasteiger partial charge in [0.2, 0.25) is 11.8 Å². The number of hydrogen-bond acceptors (Lipinski definition) is 4. The van der Waals surface area contributed by atoms with Crippen LogP contribution in [0.4, 0.5) is 11.4 Å². The van der Waals surface area contributed by atoms with Gasteiger partial charge in [-0.15, -0.1) is 0 Å². The van der Waals surface area contributed by atoms with Crippen molar-refractivity contribution in [2.45, 2.75) is 45.1 Å². The summed E-state index contributed by atoms with van der Waals surface area (Å²) in [5.74, 6) is -0.312. The van der Waals surface area contributed by atoms with Crippen molar-refractivity contribution in [1.29, 1.82) is 0 Å². The molecule has 1 aromatic carbocycles. The standard InChI is InChI=1S/C19H29N3O3/c1-15(20-18(23)10-3-6-13-25-2)19(24)21-16-8-7-9-17(14-16)22-11-4-5-12-22/h7-9,14-15H,3-6,10-13H2,1-2H3,(H,20,23)(H,21,24). The van der Waals surface area contributed by atoms with Crippen LogP contribution in [0.1, 0.15) is 39.0 Å². The monoisotopic (exact) mass is 347 g/mol. The molecule has 25 heavy (non-hydrogen) atoms. The minimum Gasteiger partial charge on any atom is -0.385 e. The summed E-state index contributed by atoms with van der Waals surface area (Å²) in [4.78, 5) is 26.5. The summed E-state index contributed by atoms with van der Waals surface area (Å²) >= 11 is 0. The topological polar surface area (TPSA) is 70.7 Å². The average Bonchev–Trinajstić information content (AvgIpc) is 3.13. The SMILES string of the molecule is COCCCCC(=O)NC(C)C(=O)Nc1cccc(N2CCCC2)c1. The Labute approximate surface area is 149 Å². The molecule has 0 aromatic heterocycles. The van der Waals surface area contributed by atoms with Gasteiger partial charge in [0, 0.05) is 44.6 Å². The molecule has 1 aromatic rings. The van der Waals surface area contributed by atoms with Crippen LogP contribution in [0.25, 0.3) is 0 Å². The van der Waals surface area contributed by atoms with Crippen LogP contribution in [0.5, 0.6) is 0 Å². The summed E-state index contributed by atoms with van der Waals surface area (Å²) in [6.07, 6.45) is 4.43. The largest absolute Gasteiger partial charge is 0.385 e. The molecule has 2 rings (SSSR count). The molecule has 0 radical (unpaired) electrons. The highest BCUT2D eigenvalue weighted by molar-refractivity contribution is 5.97. The van der Waals surface area contributed by atoms with Gasteiger partial charge in [-0.1, -0.05) is 6.07 Å². The number of nitrogens with one attached hydrogen (secondary N) is 2. The van der Waals surface area contributed by atoms with Crippen molar-refractivity contribution in [2.75, 3.05) is 37.0 Å². The van der Waals surface area contributed by atoms with E-state index in [1.54, 1.807) is 14.0 Å². The van der Waals surface area contributed by atoms with E-state index in [0.29, 0.717) is 13.0 Å². The molecule has 1 unspecified atom stereocenters. The molecule has 1 aliphatic heterocycles. The summed E-state index contributed by atoms with van der Waals surface area (Å²) in [6, 6.07) is 7.30. The molecule has 6 nitrogen and oxygen atoms in total. The predicted octanol–water partition coefficient (Wildman–Crippen LogP) is 2.55. The first-order valence-electron chi connectivity index (χ1n) is 9.04. The first kappa shape index (κ1) is 19.2. The number of anilines is 2. The van der Waals surface area contributed by atoms with Crippen molar-refractivity contribution in [3.05, 3.63) is 24.3 Å². The Balaban J connectivity index is 1.80. The molecule has 1 aliphatic rings. The normalized spacial score (nSPS) is 15.0. The Kier molecular flexibility index (Phi) is 7.73. The number of nitrogens with zero attached hydrogens (tertiary/aromatic N) is 1. The van der Waals surface area contributed by atoms with Gasteiger partial charge in [-0.3, -0.25) is 9.59 Å². The fraction of sp³-hybridized carbons (Fsp3) is 0.579. The molecule has 1 heterocycles. The highest BCUT2D eigenvalue weighted by Crippen LogP contribution is 2.23. The second-order valence-electron chi connectivity index (χ2n) is 6.47. The summed E-state index contributed by atoms with van der Waals surface area (Å²) < 4.78 is 4.96.